The Balaban J connectivity index is 1.82. The zero-order chi connectivity index (χ0) is 12.5. The SMILES string of the molecule is Brc1ccc(NC(c2cccs2)C2CC2)cc1I. The Hall–Kier alpha value is -0.0700. The maximum absolute atomic E-state index is 3.70. The maximum atomic E-state index is 3.70. The van der Waals surface area contributed by atoms with Crippen molar-refractivity contribution >= 4 is 55.5 Å². The Bertz CT molecular complexity index is 537. The molecule has 0 saturated heterocycles. The molecule has 1 heterocycles. The van der Waals surface area contributed by atoms with Crippen molar-refractivity contribution in [3.05, 3.63) is 48.6 Å². The summed E-state index contributed by atoms with van der Waals surface area (Å²) in [4.78, 5) is 1.45. The molecule has 18 heavy (non-hydrogen) atoms. The average molecular weight is 434 g/mol. The second-order valence-corrected chi connectivity index (χ2v) is 7.60. The summed E-state index contributed by atoms with van der Waals surface area (Å²) in [5.41, 5.74) is 1.22. The third-order valence-electron chi connectivity index (χ3n) is 3.18. The van der Waals surface area contributed by atoms with Crippen LogP contribution >= 0.6 is 49.9 Å². The highest BCUT2D eigenvalue weighted by atomic mass is 127. The van der Waals surface area contributed by atoms with Crippen LogP contribution in [0.25, 0.3) is 0 Å². The molecule has 1 nitrogen and oxygen atoms in total. The Labute approximate surface area is 133 Å². The zero-order valence-corrected chi connectivity index (χ0v) is 14.3. The van der Waals surface area contributed by atoms with E-state index < -0.39 is 0 Å². The second kappa shape index (κ2) is 5.51. The largest absolute Gasteiger partial charge is 0.377 e. The molecule has 1 unspecified atom stereocenters. The first-order valence-electron chi connectivity index (χ1n) is 5.99. The first-order valence-corrected chi connectivity index (χ1v) is 8.74. The summed E-state index contributed by atoms with van der Waals surface area (Å²) in [5.74, 6) is 0.810. The summed E-state index contributed by atoms with van der Waals surface area (Å²) in [6.45, 7) is 0. The third kappa shape index (κ3) is 2.91. The van der Waals surface area contributed by atoms with Crippen molar-refractivity contribution in [2.75, 3.05) is 5.32 Å². The lowest BCUT2D eigenvalue weighted by Gasteiger charge is -2.18. The van der Waals surface area contributed by atoms with Gasteiger partial charge in [0.15, 0.2) is 0 Å². The Morgan fingerprint density at radius 3 is 2.78 bits per heavy atom. The lowest BCUT2D eigenvalue weighted by molar-refractivity contribution is 0.691. The molecule has 1 saturated carbocycles. The van der Waals surface area contributed by atoms with Crippen LogP contribution in [0.1, 0.15) is 23.8 Å². The van der Waals surface area contributed by atoms with E-state index in [1.54, 1.807) is 0 Å². The zero-order valence-electron chi connectivity index (χ0n) is 9.70. The molecule has 0 spiro atoms. The number of nitrogens with one attached hydrogen (secondary N) is 1. The van der Waals surface area contributed by atoms with Crippen molar-refractivity contribution in [3.8, 4) is 0 Å². The van der Waals surface area contributed by atoms with Crippen molar-refractivity contribution in [3.63, 3.8) is 0 Å². The molecule has 2 aromatic rings. The number of benzene rings is 1. The molecule has 1 aromatic carbocycles. The van der Waals surface area contributed by atoms with E-state index in [2.05, 4.69) is 79.5 Å². The van der Waals surface area contributed by atoms with Gasteiger partial charge in [-0.3, -0.25) is 0 Å². The number of rotatable bonds is 4. The highest BCUT2D eigenvalue weighted by Gasteiger charge is 2.32. The van der Waals surface area contributed by atoms with Crippen LogP contribution in [0.3, 0.4) is 0 Å². The van der Waals surface area contributed by atoms with E-state index in [1.165, 1.54) is 27.0 Å². The van der Waals surface area contributed by atoms with E-state index in [4.69, 9.17) is 0 Å². The normalized spacial score (nSPS) is 16.6. The summed E-state index contributed by atoms with van der Waals surface area (Å²) in [6.07, 6.45) is 2.70. The monoisotopic (exact) mass is 433 g/mol. The van der Waals surface area contributed by atoms with Crippen LogP contribution in [-0.4, -0.2) is 0 Å². The minimum absolute atomic E-state index is 0.488. The average Bonchev–Trinajstić information content (AvgIpc) is 3.05. The number of hydrogen-bond donors (Lipinski definition) is 1. The number of thiophene rings is 1. The van der Waals surface area contributed by atoms with Gasteiger partial charge in [-0.05, 0) is 86.9 Å². The van der Waals surface area contributed by atoms with Crippen LogP contribution in [0, 0.1) is 9.49 Å². The minimum atomic E-state index is 0.488. The van der Waals surface area contributed by atoms with Gasteiger partial charge in [-0.15, -0.1) is 11.3 Å². The fourth-order valence-electron chi connectivity index (χ4n) is 2.08. The highest BCUT2D eigenvalue weighted by molar-refractivity contribution is 14.1. The summed E-state index contributed by atoms with van der Waals surface area (Å²) in [6, 6.07) is 11.3. The molecule has 0 amide bonds. The van der Waals surface area contributed by atoms with Crippen LogP contribution in [-0.2, 0) is 0 Å². The van der Waals surface area contributed by atoms with E-state index in [0.29, 0.717) is 6.04 Å². The molecule has 0 aliphatic heterocycles. The van der Waals surface area contributed by atoms with E-state index >= 15 is 0 Å². The van der Waals surface area contributed by atoms with Crippen LogP contribution in [0.2, 0.25) is 0 Å². The smallest absolute Gasteiger partial charge is 0.0634 e. The number of halogens is 2. The first-order chi connectivity index (χ1) is 8.74. The van der Waals surface area contributed by atoms with Crippen LogP contribution in [0.15, 0.2) is 40.2 Å². The Morgan fingerprint density at radius 1 is 1.33 bits per heavy atom. The quantitative estimate of drug-likeness (QED) is 0.611. The lowest BCUT2D eigenvalue weighted by atomic mass is 10.1. The number of anilines is 1. The van der Waals surface area contributed by atoms with Crippen LogP contribution < -0.4 is 5.32 Å². The summed E-state index contributed by atoms with van der Waals surface area (Å²) >= 11 is 7.75. The number of hydrogen-bond acceptors (Lipinski definition) is 2. The van der Waals surface area contributed by atoms with Gasteiger partial charge in [-0.2, -0.15) is 0 Å². The van der Waals surface area contributed by atoms with Gasteiger partial charge >= 0.3 is 0 Å². The molecule has 0 bridgehead atoms. The van der Waals surface area contributed by atoms with E-state index in [0.717, 1.165) is 10.4 Å². The van der Waals surface area contributed by atoms with Gasteiger partial charge in [0, 0.05) is 18.6 Å². The molecule has 3 rings (SSSR count). The van der Waals surface area contributed by atoms with Crippen molar-refractivity contribution in [2.24, 2.45) is 5.92 Å². The molecule has 1 atom stereocenters. The minimum Gasteiger partial charge on any atom is -0.377 e. The van der Waals surface area contributed by atoms with Gasteiger partial charge in [0.2, 0.25) is 0 Å². The van der Waals surface area contributed by atoms with Crippen LogP contribution in [0.4, 0.5) is 5.69 Å². The molecule has 94 valence electrons. The molecule has 1 aromatic heterocycles. The predicted molar refractivity (Wildman–Crippen MR) is 90.3 cm³/mol. The molecule has 0 radical (unpaired) electrons. The topological polar surface area (TPSA) is 12.0 Å². The maximum Gasteiger partial charge on any atom is 0.0634 e. The van der Waals surface area contributed by atoms with Crippen LogP contribution in [0.5, 0.6) is 0 Å². The van der Waals surface area contributed by atoms with Crippen molar-refractivity contribution in [1.29, 1.82) is 0 Å². The molecule has 1 aliphatic rings. The van der Waals surface area contributed by atoms with Gasteiger partial charge in [-0.1, -0.05) is 6.07 Å². The first kappa shape index (κ1) is 12.9. The van der Waals surface area contributed by atoms with E-state index in [9.17, 15) is 0 Å². The van der Waals surface area contributed by atoms with Crippen molar-refractivity contribution < 1.29 is 0 Å². The van der Waals surface area contributed by atoms with E-state index in [1.807, 2.05) is 11.3 Å². The molecule has 1 aliphatic carbocycles. The summed E-state index contributed by atoms with van der Waals surface area (Å²) < 4.78 is 2.41. The standard InChI is InChI=1S/C14H13BrINS/c15-11-6-5-10(8-12(11)16)17-14(9-3-4-9)13-2-1-7-18-13/h1-2,5-9,14,17H,3-4H2. The molecular formula is C14H13BrINS. The van der Waals surface area contributed by atoms with Gasteiger partial charge in [-0.25, -0.2) is 0 Å². The van der Waals surface area contributed by atoms with Gasteiger partial charge in [0.05, 0.1) is 6.04 Å². The highest BCUT2D eigenvalue weighted by Crippen LogP contribution is 2.44. The van der Waals surface area contributed by atoms with Crippen molar-refractivity contribution in [1.82, 2.24) is 0 Å². The summed E-state index contributed by atoms with van der Waals surface area (Å²) in [5, 5.41) is 5.86. The summed E-state index contributed by atoms with van der Waals surface area (Å²) in [7, 11) is 0. The Morgan fingerprint density at radius 2 is 2.17 bits per heavy atom. The molecule has 4 heteroatoms. The molecule has 1 fully saturated rings. The molecule has 1 N–H and O–H groups in total. The lowest BCUT2D eigenvalue weighted by Crippen LogP contribution is -2.11. The Kier molecular flexibility index (Phi) is 3.96. The van der Waals surface area contributed by atoms with E-state index in [-0.39, 0.29) is 0 Å². The fourth-order valence-corrected chi connectivity index (χ4v) is 3.72. The predicted octanol–water partition coefficient (Wildman–Crippen LogP) is 5.68. The van der Waals surface area contributed by atoms with Gasteiger partial charge in [0.25, 0.3) is 0 Å². The molecular weight excluding hydrogens is 421 g/mol. The fraction of sp³-hybridized carbons (Fsp3) is 0.286. The van der Waals surface area contributed by atoms with Gasteiger partial charge < -0.3 is 5.32 Å². The third-order valence-corrected chi connectivity index (χ3v) is 6.47. The van der Waals surface area contributed by atoms with Gasteiger partial charge in [0.1, 0.15) is 0 Å². The second-order valence-electron chi connectivity index (χ2n) is 4.60. The van der Waals surface area contributed by atoms with Crippen molar-refractivity contribution in [2.45, 2.75) is 18.9 Å².